The van der Waals surface area contributed by atoms with Crippen LogP contribution < -0.4 is 9.47 Å². The lowest BCUT2D eigenvalue weighted by Crippen LogP contribution is -2.49. The van der Waals surface area contributed by atoms with Gasteiger partial charge in [0.25, 0.3) is 5.91 Å². The number of carbonyl (C=O) groups is 1. The van der Waals surface area contributed by atoms with Gasteiger partial charge in [-0.25, -0.2) is 0 Å². The first-order valence-corrected chi connectivity index (χ1v) is 9.31. The molecule has 1 fully saturated rings. The molecule has 3 rings (SSSR count). The Morgan fingerprint density at radius 1 is 1.04 bits per heavy atom. The van der Waals surface area contributed by atoms with Crippen LogP contribution in [0.25, 0.3) is 0 Å². The molecule has 5 nitrogen and oxygen atoms in total. The van der Waals surface area contributed by atoms with Gasteiger partial charge in [-0.1, -0.05) is 12.1 Å². The molecular formula is C19H24N2O3S. The van der Waals surface area contributed by atoms with Gasteiger partial charge in [-0.3, -0.25) is 9.69 Å². The van der Waals surface area contributed by atoms with Crippen LogP contribution in [0, 0.1) is 0 Å². The molecule has 6 heteroatoms. The summed E-state index contributed by atoms with van der Waals surface area (Å²) in [6, 6.07) is 10.1. The SMILES string of the molecule is COc1cccc(OC)c1C(=O)N1CCN(C(C)c2cccs2)CC1. The van der Waals surface area contributed by atoms with Crippen LogP contribution in [0.2, 0.25) is 0 Å². The van der Waals surface area contributed by atoms with Gasteiger partial charge >= 0.3 is 0 Å². The van der Waals surface area contributed by atoms with Crippen LogP contribution in [0.15, 0.2) is 35.7 Å². The van der Waals surface area contributed by atoms with Crippen molar-refractivity contribution in [2.75, 3.05) is 40.4 Å². The first-order chi connectivity index (χ1) is 12.2. The summed E-state index contributed by atoms with van der Waals surface area (Å²) in [5, 5.41) is 2.11. The molecule has 1 saturated heterocycles. The number of hydrogen-bond acceptors (Lipinski definition) is 5. The van der Waals surface area contributed by atoms with Crippen molar-refractivity contribution >= 4 is 17.2 Å². The quantitative estimate of drug-likeness (QED) is 0.821. The molecule has 1 amide bonds. The summed E-state index contributed by atoms with van der Waals surface area (Å²) in [6.07, 6.45) is 0. The van der Waals surface area contributed by atoms with E-state index in [1.165, 1.54) is 4.88 Å². The second-order valence-corrected chi connectivity index (χ2v) is 7.04. The summed E-state index contributed by atoms with van der Waals surface area (Å²) >= 11 is 1.78. The molecule has 1 aromatic heterocycles. The average molecular weight is 360 g/mol. The third kappa shape index (κ3) is 3.65. The number of hydrogen-bond donors (Lipinski definition) is 0. The van der Waals surface area contributed by atoms with Crippen LogP contribution in [-0.4, -0.2) is 56.1 Å². The van der Waals surface area contributed by atoms with Gasteiger partial charge in [0.15, 0.2) is 0 Å². The summed E-state index contributed by atoms with van der Waals surface area (Å²) < 4.78 is 10.7. The van der Waals surface area contributed by atoms with Crippen molar-refractivity contribution in [2.45, 2.75) is 13.0 Å². The van der Waals surface area contributed by atoms with Crippen molar-refractivity contribution in [3.05, 3.63) is 46.2 Å². The molecule has 25 heavy (non-hydrogen) atoms. The maximum Gasteiger partial charge on any atom is 0.261 e. The molecule has 0 spiro atoms. The van der Waals surface area contributed by atoms with Crippen LogP contribution in [0.1, 0.15) is 28.2 Å². The van der Waals surface area contributed by atoms with E-state index < -0.39 is 0 Å². The second-order valence-electron chi connectivity index (χ2n) is 6.06. The molecule has 1 unspecified atom stereocenters. The van der Waals surface area contributed by atoms with Gasteiger partial charge in [0.05, 0.1) is 14.2 Å². The third-order valence-electron chi connectivity index (χ3n) is 4.75. The highest BCUT2D eigenvalue weighted by Gasteiger charge is 2.29. The smallest absolute Gasteiger partial charge is 0.261 e. The zero-order valence-corrected chi connectivity index (χ0v) is 15.7. The Bertz CT molecular complexity index is 687. The van der Waals surface area contributed by atoms with Crippen LogP contribution in [-0.2, 0) is 0 Å². The zero-order valence-electron chi connectivity index (χ0n) is 14.9. The Labute approximate surface area is 152 Å². The summed E-state index contributed by atoms with van der Waals surface area (Å²) in [6.45, 7) is 5.36. The maximum absolute atomic E-state index is 13.0. The highest BCUT2D eigenvalue weighted by Crippen LogP contribution is 2.31. The monoisotopic (exact) mass is 360 g/mol. The fourth-order valence-corrected chi connectivity index (χ4v) is 4.06. The first kappa shape index (κ1) is 17.8. The predicted octanol–water partition coefficient (Wildman–Crippen LogP) is 3.28. The maximum atomic E-state index is 13.0. The van der Waals surface area contributed by atoms with Crippen molar-refractivity contribution in [1.29, 1.82) is 0 Å². The minimum Gasteiger partial charge on any atom is -0.496 e. The lowest BCUT2D eigenvalue weighted by Gasteiger charge is -2.38. The number of amides is 1. The summed E-state index contributed by atoms with van der Waals surface area (Å²) in [4.78, 5) is 18.7. The molecule has 134 valence electrons. The number of rotatable bonds is 5. The van der Waals surface area contributed by atoms with E-state index in [0.717, 1.165) is 13.1 Å². The molecule has 0 N–H and O–H groups in total. The number of thiophene rings is 1. The van der Waals surface area contributed by atoms with E-state index in [1.54, 1.807) is 37.7 Å². The molecule has 2 aromatic rings. The molecule has 1 aromatic carbocycles. The summed E-state index contributed by atoms with van der Waals surface area (Å²) in [5.41, 5.74) is 0.507. The van der Waals surface area contributed by atoms with Crippen molar-refractivity contribution in [3.8, 4) is 11.5 Å². The lowest BCUT2D eigenvalue weighted by molar-refractivity contribution is 0.0578. The van der Waals surface area contributed by atoms with E-state index in [-0.39, 0.29) is 5.91 Å². The number of benzene rings is 1. The number of methoxy groups -OCH3 is 2. The number of carbonyl (C=O) groups excluding carboxylic acids is 1. The molecule has 1 atom stereocenters. The Morgan fingerprint density at radius 2 is 1.68 bits per heavy atom. The third-order valence-corrected chi connectivity index (χ3v) is 5.79. The first-order valence-electron chi connectivity index (χ1n) is 8.43. The Balaban J connectivity index is 1.70. The fourth-order valence-electron chi connectivity index (χ4n) is 3.24. The Hall–Kier alpha value is -2.05. The molecule has 2 heterocycles. The molecular weight excluding hydrogens is 336 g/mol. The molecule has 1 aliphatic heterocycles. The van der Waals surface area contributed by atoms with E-state index in [4.69, 9.17) is 9.47 Å². The average Bonchev–Trinajstić information content (AvgIpc) is 3.21. The summed E-state index contributed by atoms with van der Waals surface area (Å²) in [5.74, 6) is 1.08. The van der Waals surface area contributed by atoms with Crippen LogP contribution in [0.3, 0.4) is 0 Å². The highest BCUT2D eigenvalue weighted by molar-refractivity contribution is 7.10. The summed E-state index contributed by atoms with van der Waals surface area (Å²) in [7, 11) is 3.15. The normalized spacial score (nSPS) is 16.5. The highest BCUT2D eigenvalue weighted by atomic mass is 32.1. The fraction of sp³-hybridized carbons (Fsp3) is 0.421. The van der Waals surface area contributed by atoms with Gasteiger partial charge in [-0.05, 0) is 30.5 Å². The number of piperazine rings is 1. The van der Waals surface area contributed by atoms with E-state index in [9.17, 15) is 4.79 Å². The molecule has 1 aliphatic rings. The van der Waals surface area contributed by atoms with Crippen LogP contribution in [0.4, 0.5) is 0 Å². The minimum atomic E-state index is -0.0299. The predicted molar refractivity (Wildman–Crippen MR) is 99.8 cm³/mol. The van der Waals surface area contributed by atoms with E-state index in [2.05, 4.69) is 29.3 Å². The van der Waals surface area contributed by atoms with Crippen molar-refractivity contribution < 1.29 is 14.3 Å². The van der Waals surface area contributed by atoms with Gasteiger partial charge in [-0.2, -0.15) is 0 Å². The van der Waals surface area contributed by atoms with E-state index in [0.29, 0.717) is 36.2 Å². The van der Waals surface area contributed by atoms with Gasteiger partial charge in [0.1, 0.15) is 17.1 Å². The van der Waals surface area contributed by atoms with Gasteiger partial charge < -0.3 is 14.4 Å². The zero-order chi connectivity index (χ0) is 17.8. The lowest BCUT2D eigenvalue weighted by atomic mass is 10.1. The van der Waals surface area contributed by atoms with E-state index in [1.807, 2.05) is 11.0 Å². The largest absolute Gasteiger partial charge is 0.496 e. The van der Waals surface area contributed by atoms with Crippen molar-refractivity contribution in [1.82, 2.24) is 9.80 Å². The molecule has 0 saturated carbocycles. The van der Waals surface area contributed by atoms with Crippen LogP contribution in [0.5, 0.6) is 11.5 Å². The Kier molecular flexibility index (Phi) is 5.60. The topological polar surface area (TPSA) is 42.0 Å². The van der Waals surface area contributed by atoms with Crippen LogP contribution >= 0.6 is 11.3 Å². The number of nitrogens with zero attached hydrogens (tertiary/aromatic N) is 2. The molecule has 0 bridgehead atoms. The van der Waals surface area contributed by atoms with E-state index >= 15 is 0 Å². The standard InChI is InChI=1S/C19H24N2O3S/c1-14(17-8-5-13-25-17)20-9-11-21(12-10-20)19(22)18-15(23-2)6-4-7-16(18)24-3/h4-8,13-14H,9-12H2,1-3H3. The Morgan fingerprint density at radius 3 is 2.20 bits per heavy atom. The second kappa shape index (κ2) is 7.89. The van der Waals surface area contributed by atoms with Crippen molar-refractivity contribution in [3.63, 3.8) is 0 Å². The number of ether oxygens (including phenoxy) is 2. The molecule has 0 radical (unpaired) electrons. The van der Waals surface area contributed by atoms with Crippen molar-refractivity contribution in [2.24, 2.45) is 0 Å². The molecule has 0 aliphatic carbocycles. The van der Waals surface area contributed by atoms with Gasteiger partial charge in [0, 0.05) is 37.1 Å². The van der Waals surface area contributed by atoms with Gasteiger partial charge in [-0.15, -0.1) is 11.3 Å². The minimum absolute atomic E-state index is 0.0299. The van der Waals surface area contributed by atoms with Gasteiger partial charge in [0.2, 0.25) is 0 Å².